The number of halogens is 2. The Labute approximate surface area is 198 Å². The van der Waals surface area contributed by atoms with E-state index in [9.17, 15) is 9.59 Å². The fourth-order valence-electron chi connectivity index (χ4n) is 3.67. The van der Waals surface area contributed by atoms with Crippen molar-refractivity contribution in [2.75, 3.05) is 0 Å². The SMILES string of the molecule is CCCCCCCCCCCCCCCCc1ccc(C(=O)/C(Cl)=C(/Cl)C(=O)O)cc1. The minimum Gasteiger partial charge on any atom is -0.477 e. The number of Topliss-reactive ketones (excluding diaryl/α,β-unsaturated/α-hetero) is 1. The topological polar surface area (TPSA) is 54.4 Å². The molecule has 0 saturated carbocycles. The van der Waals surface area contributed by atoms with Crippen molar-refractivity contribution in [3.63, 3.8) is 0 Å². The molecular weight excluding hydrogens is 431 g/mol. The Bertz CT molecular complexity index is 680. The third-order valence-corrected chi connectivity index (χ3v) is 6.42. The largest absolute Gasteiger partial charge is 0.477 e. The third-order valence-electron chi connectivity index (χ3n) is 5.61. The van der Waals surface area contributed by atoms with Crippen LogP contribution in [-0.4, -0.2) is 16.9 Å². The Hall–Kier alpha value is -1.32. The van der Waals surface area contributed by atoms with Crippen LogP contribution in [0.3, 0.4) is 0 Å². The quantitative estimate of drug-likeness (QED) is 0.133. The summed E-state index contributed by atoms with van der Waals surface area (Å²) in [6.45, 7) is 2.26. The Morgan fingerprint density at radius 2 is 1.10 bits per heavy atom. The molecule has 0 aliphatic heterocycles. The lowest BCUT2D eigenvalue weighted by Crippen LogP contribution is -2.05. The molecule has 0 amide bonds. The van der Waals surface area contributed by atoms with Gasteiger partial charge < -0.3 is 5.11 Å². The maximum Gasteiger partial charge on any atom is 0.349 e. The molecule has 0 bridgehead atoms. The number of unbranched alkanes of at least 4 members (excludes halogenated alkanes) is 13. The third kappa shape index (κ3) is 12.3. The molecule has 31 heavy (non-hydrogen) atoms. The second-order valence-corrected chi connectivity index (χ2v) is 9.06. The van der Waals surface area contributed by atoms with Crippen LogP contribution in [0.15, 0.2) is 34.3 Å². The number of carbonyl (C=O) groups excluding carboxylic acids is 1. The summed E-state index contributed by atoms with van der Waals surface area (Å²) in [6.07, 6.45) is 19.8. The number of carboxylic acids is 1. The first-order valence-corrected chi connectivity index (χ1v) is 12.6. The number of carboxylic acid groups (broad SMARTS) is 1. The molecule has 0 fully saturated rings. The van der Waals surface area contributed by atoms with Crippen LogP contribution in [0.4, 0.5) is 0 Å². The predicted molar refractivity (Wildman–Crippen MR) is 131 cm³/mol. The van der Waals surface area contributed by atoms with Gasteiger partial charge in [-0.25, -0.2) is 4.79 Å². The van der Waals surface area contributed by atoms with Crippen molar-refractivity contribution in [3.05, 3.63) is 45.5 Å². The molecule has 0 heterocycles. The smallest absolute Gasteiger partial charge is 0.349 e. The second kappa shape index (κ2) is 17.3. The van der Waals surface area contributed by atoms with E-state index in [1.807, 2.05) is 12.1 Å². The molecule has 1 N–H and O–H groups in total. The zero-order chi connectivity index (χ0) is 22.9. The molecule has 0 saturated heterocycles. The molecule has 0 spiro atoms. The first-order valence-electron chi connectivity index (χ1n) is 11.9. The van der Waals surface area contributed by atoms with Crippen LogP contribution in [0.5, 0.6) is 0 Å². The van der Waals surface area contributed by atoms with Gasteiger partial charge in [-0.15, -0.1) is 0 Å². The van der Waals surface area contributed by atoms with E-state index in [-0.39, 0.29) is 0 Å². The van der Waals surface area contributed by atoms with Gasteiger partial charge in [0.05, 0.1) is 0 Å². The summed E-state index contributed by atoms with van der Waals surface area (Å²) in [7, 11) is 0. The monoisotopic (exact) mass is 468 g/mol. The van der Waals surface area contributed by atoms with Crippen LogP contribution in [0.2, 0.25) is 0 Å². The maximum atomic E-state index is 12.2. The van der Waals surface area contributed by atoms with Gasteiger partial charge in [0.2, 0.25) is 5.78 Å². The van der Waals surface area contributed by atoms with Gasteiger partial charge in [-0.1, -0.05) is 138 Å². The van der Waals surface area contributed by atoms with Gasteiger partial charge in [0.25, 0.3) is 0 Å². The van der Waals surface area contributed by atoms with Crippen molar-refractivity contribution in [2.24, 2.45) is 0 Å². The first-order chi connectivity index (χ1) is 15.0. The van der Waals surface area contributed by atoms with Crippen molar-refractivity contribution < 1.29 is 14.7 Å². The molecule has 0 aromatic heterocycles. The van der Waals surface area contributed by atoms with E-state index in [0.29, 0.717) is 5.56 Å². The van der Waals surface area contributed by atoms with Crippen LogP contribution in [0.25, 0.3) is 0 Å². The highest BCUT2D eigenvalue weighted by molar-refractivity contribution is 6.54. The summed E-state index contributed by atoms with van der Waals surface area (Å²) in [5, 5.41) is 7.70. The fraction of sp³-hybridized carbons (Fsp3) is 0.615. The minimum atomic E-state index is -1.41. The Kier molecular flexibility index (Phi) is 15.4. The lowest BCUT2D eigenvalue weighted by atomic mass is 10.0. The molecule has 1 rings (SSSR count). The first kappa shape index (κ1) is 27.7. The van der Waals surface area contributed by atoms with E-state index in [0.717, 1.165) is 12.8 Å². The van der Waals surface area contributed by atoms with Crippen molar-refractivity contribution in [3.8, 4) is 0 Å². The van der Waals surface area contributed by atoms with Crippen LogP contribution >= 0.6 is 23.2 Å². The highest BCUT2D eigenvalue weighted by Crippen LogP contribution is 2.20. The highest BCUT2D eigenvalue weighted by atomic mass is 35.5. The number of hydrogen-bond acceptors (Lipinski definition) is 2. The standard InChI is InChI=1S/C26H38Cl2O3/c1-2-3-4-5-6-7-8-9-10-11-12-13-14-15-16-21-17-19-22(20-18-21)25(29)23(27)24(28)26(30)31/h17-20H,2-16H2,1H3,(H,30,31)/b24-23-. The van der Waals surface area contributed by atoms with Gasteiger partial charge in [-0.3, -0.25) is 4.79 Å². The molecule has 174 valence electrons. The molecule has 5 heteroatoms. The molecule has 3 nitrogen and oxygen atoms in total. The number of allylic oxidation sites excluding steroid dienone is 1. The van der Waals surface area contributed by atoms with Gasteiger partial charge >= 0.3 is 5.97 Å². The molecule has 0 unspecified atom stereocenters. The van der Waals surface area contributed by atoms with E-state index in [4.69, 9.17) is 28.3 Å². The molecule has 1 aromatic rings. The second-order valence-electron chi connectivity index (χ2n) is 8.31. The van der Waals surface area contributed by atoms with E-state index in [1.54, 1.807) is 12.1 Å². The minimum absolute atomic E-state index is 0.342. The van der Waals surface area contributed by atoms with Crippen LogP contribution in [-0.2, 0) is 11.2 Å². The van der Waals surface area contributed by atoms with Crippen LogP contribution in [0, 0.1) is 0 Å². The number of ketones is 1. The molecule has 1 aromatic carbocycles. The van der Waals surface area contributed by atoms with Crippen molar-refractivity contribution in [2.45, 2.75) is 103 Å². The van der Waals surface area contributed by atoms with E-state index < -0.39 is 21.8 Å². The van der Waals surface area contributed by atoms with Crippen molar-refractivity contribution >= 4 is 35.0 Å². The van der Waals surface area contributed by atoms with Crippen LogP contribution < -0.4 is 0 Å². The normalized spacial score (nSPS) is 12.0. The molecular formula is C26H38Cl2O3. The summed E-state index contributed by atoms with van der Waals surface area (Å²) in [5.41, 5.74) is 1.51. The van der Waals surface area contributed by atoms with Crippen molar-refractivity contribution in [1.82, 2.24) is 0 Å². The van der Waals surface area contributed by atoms with E-state index in [2.05, 4.69) is 6.92 Å². The number of aliphatic carboxylic acids is 1. The molecule has 0 aliphatic carbocycles. The zero-order valence-electron chi connectivity index (χ0n) is 18.9. The molecule has 0 radical (unpaired) electrons. The number of rotatable bonds is 18. The number of hydrogen-bond donors (Lipinski definition) is 1. The lowest BCUT2D eigenvalue weighted by Gasteiger charge is -2.05. The average Bonchev–Trinajstić information content (AvgIpc) is 2.78. The Morgan fingerprint density at radius 1 is 0.677 bits per heavy atom. The van der Waals surface area contributed by atoms with Gasteiger partial charge in [0, 0.05) is 5.56 Å². The predicted octanol–water partition coefficient (Wildman–Crippen LogP) is 8.67. The summed E-state index contributed by atoms with van der Waals surface area (Å²) in [5.74, 6) is -1.98. The van der Waals surface area contributed by atoms with Gasteiger partial charge in [0.1, 0.15) is 10.1 Å². The number of benzene rings is 1. The van der Waals surface area contributed by atoms with Gasteiger partial charge in [-0.05, 0) is 18.4 Å². The maximum absolute atomic E-state index is 12.2. The number of carbonyl (C=O) groups is 2. The van der Waals surface area contributed by atoms with Crippen LogP contribution in [0.1, 0.15) is 113 Å². The lowest BCUT2D eigenvalue weighted by molar-refractivity contribution is -0.131. The van der Waals surface area contributed by atoms with E-state index >= 15 is 0 Å². The van der Waals surface area contributed by atoms with Crippen molar-refractivity contribution in [1.29, 1.82) is 0 Å². The summed E-state index contributed by atoms with van der Waals surface area (Å²) in [6, 6.07) is 7.15. The van der Waals surface area contributed by atoms with Gasteiger partial charge in [0.15, 0.2) is 0 Å². The fourth-order valence-corrected chi connectivity index (χ4v) is 3.94. The highest BCUT2D eigenvalue weighted by Gasteiger charge is 2.18. The average molecular weight is 469 g/mol. The Morgan fingerprint density at radius 3 is 1.52 bits per heavy atom. The van der Waals surface area contributed by atoms with E-state index in [1.165, 1.54) is 89.0 Å². The summed E-state index contributed by atoms with van der Waals surface area (Å²) < 4.78 is 0. The zero-order valence-corrected chi connectivity index (χ0v) is 20.4. The summed E-state index contributed by atoms with van der Waals surface area (Å²) in [4.78, 5) is 23.0. The number of aryl methyl sites for hydroxylation is 1. The Balaban J connectivity index is 2.10. The molecule has 0 aliphatic rings. The summed E-state index contributed by atoms with van der Waals surface area (Å²) >= 11 is 11.3. The molecule has 0 atom stereocenters. The van der Waals surface area contributed by atoms with Gasteiger partial charge in [-0.2, -0.15) is 0 Å².